The molecule has 0 radical (unpaired) electrons. The molecule has 18 heavy (non-hydrogen) atoms. The topological polar surface area (TPSA) is 77.8 Å². The minimum atomic E-state index is -4.13. The van der Waals surface area contributed by atoms with Crippen LogP contribution in [0.2, 0.25) is 0 Å². The zero-order valence-corrected chi connectivity index (χ0v) is 11.0. The molecule has 2 rings (SSSR count). The molecule has 0 saturated carbocycles. The van der Waals surface area contributed by atoms with Crippen molar-refractivity contribution in [1.82, 2.24) is 0 Å². The maximum absolute atomic E-state index is 11.3. The van der Waals surface area contributed by atoms with Crippen molar-refractivity contribution in [2.24, 2.45) is 0 Å². The van der Waals surface area contributed by atoms with Crippen molar-refractivity contribution < 1.29 is 18.1 Å². The van der Waals surface area contributed by atoms with Crippen molar-refractivity contribution in [3.05, 3.63) is 29.8 Å². The largest absolute Gasteiger partial charge is 0.374 e. The maximum atomic E-state index is 11.3. The van der Waals surface area contributed by atoms with Crippen LogP contribution >= 0.6 is 0 Å². The SMILES string of the molecule is CC(c1ccccc1N1CCCC1O)S(=O)(=O)O. The second kappa shape index (κ2) is 4.87. The zero-order valence-electron chi connectivity index (χ0n) is 10.2. The molecule has 1 saturated heterocycles. The normalized spacial score (nSPS) is 22.2. The van der Waals surface area contributed by atoms with Crippen LogP contribution in [0, 0.1) is 0 Å². The highest BCUT2D eigenvalue weighted by atomic mass is 32.2. The van der Waals surface area contributed by atoms with Crippen molar-refractivity contribution >= 4 is 15.8 Å². The summed E-state index contributed by atoms with van der Waals surface area (Å²) in [6.07, 6.45) is 0.962. The van der Waals surface area contributed by atoms with Gasteiger partial charge >= 0.3 is 0 Å². The van der Waals surface area contributed by atoms with Gasteiger partial charge in [-0.15, -0.1) is 0 Å². The van der Waals surface area contributed by atoms with Gasteiger partial charge in [0.2, 0.25) is 0 Å². The highest BCUT2D eigenvalue weighted by molar-refractivity contribution is 7.86. The first-order valence-electron chi connectivity index (χ1n) is 5.91. The van der Waals surface area contributed by atoms with Gasteiger partial charge in [0.05, 0.1) is 0 Å². The lowest BCUT2D eigenvalue weighted by Crippen LogP contribution is -2.30. The molecular weight excluding hydrogens is 254 g/mol. The van der Waals surface area contributed by atoms with E-state index in [1.54, 1.807) is 29.2 Å². The van der Waals surface area contributed by atoms with E-state index >= 15 is 0 Å². The first kappa shape index (κ1) is 13.3. The second-order valence-electron chi connectivity index (χ2n) is 4.53. The molecule has 1 aliphatic rings. The van der Waals surface area contributed by atoms with Crippen molar-refractivity contribution in [2.75, 3.05) is 11.4 Å². The third-order valence-electron chi connectivity index (χ3n) is 3.35. The van der Waals surface area contributed by atoms with Crippen molar-refractivity contribution in [3.63, 3.8) is 0 Å². The van der Waals surface area contributed by atoms with E-state index in [1.165, 1.54) is 6.92 Å². The summed E-state index contributed by atoms with van der Waals surface area (Å²) < 4.78 is 31.7. The van der Waals surface area contributed by atoms with Gasteiger partial charge < -0.3 is 10.0 Å². The van der Waals surface area contributed by atoms with Gasteiger partial charge in [-0.2, -0.15) is 8.42 Å². The summed E-state index contributed by atoms with van der Waals surface area (Å²) >= 11 is 0. The molecule has 5 nitrogen and oxygen atoms in total. The third kappa shape index (κ3) is 2.50. The van der Waals surface area contributed by atoms with E-state index < -0.39 is 21.6 Å². The highest BCUT2D eigenvalue weighted by Crippen LogP contribution is 2.33. The Morgan fingerprint density at radius 2 is 2.06 bits per heavy atom. The molecule has 0 bridgehead atoms. The minimum Gasteiger partial charge on any atom is -0.374 e. The van der Waals surface area contributed by atoms with Crippen molar-refractivity contribution in [1.29, 1.82) is 0 Å². The van der Waals surface area contributed by atoms with Gasteiger partial charge in [0.25, 0.3) is 10.1 Å². The number of hydrogen-bond acceptors (Lipinski definition) is 4. The molecule has 1 heterocycles. The second-order valence-corrected chi connectivity index (χ2v) is 6.27. The molecule has 6 heteroatoms. The molecule has 1 fully saturated rings. The smallest absolute Gasteiger partial charge is 0.271 e. The van der Waals surface area contributed by atoms with Crippen LogP contribution in [-0.2, 0) is 10.1 Å². The molecule has 100 valence electrons. The van der Waals surface area contributed by atoms with E-state index in [4.69, 9.17) is 4.55 Å². The predicted molar refractivity (Wildman–Crippen MR) is 69.0 cm³/mol. The Balaban J connectivity index is 2.43. The van der Waals surface area contributed by atoms with Gasteiger partial charge in [0.15, 0.2) is 0 Å². The molecule has 2 N–H and O–H groups in total. The number of aliphatic hydroxyl groups excluding tert-OH is 1. The van der Waals surface area contributed by atoms with Crippen LogP contribution in [0.15, 0.2) is 24.3 Å². The highest BCUT2D eigenvalue weighted by Gasteiger charge is 2.28. The van der Waals surface area contributed by atoms with Gasteiger partial charge in [-0.3, -0.25) is 4.55 Å². The van der Waals surface area contributed by atoms with Gasteiger partial charge in [0.1, 0.15) is 11.5 Å². The predicted octanol–water partition coefficient (Wildman–Crippen LogP) is 1.55. The average molecular weight is 271 g/mol. The molecule has 1 aromatic rings. The quantitative estimate of drug-likeness (QED) is 0.816. The molecule has 0 aliphatic carbocycles. The number of anilines is 1. The maximum Gasteiger partial charge on any atom is 0.271 e. The van der Waals surface area contributed by atoms with Gasteiger partial charge in [-0.05, 0) is 31.4 Å². The first-order valence-corrected chi connectivity index (χ1v) is 7.41. The fourth-order valence-corrected chi connectivity index (χ4v) is 2.80. The molecule has 0 spiro atoms. The summed E-state index contributed by atoms with van der Waals surface area (Å²) in [6.45, 7) is 2.13. The monoisotopic (exact) mass is 271 g/mol. The fraction of sp³-hybridized carbons (Fsp3) is 0.500. The Kier molecular flexibility index (Phi) is 3.61. The minimum absolute atomic E-state index is 0.515. The van der Waals surface area contributed by atoms with Gasteiger partial charge in [-0.25, -0.2) is 0 Å². The van der Waals surface area contributed by atoms with Crippen LogP contribution in [-0.4, -0.2) is 30.8 Å². The van der Waals surface area contributed by atoms with Gasteiger partial charge in [-0.1, -0.05) is 18.2 Å². The summed E-state index contributed by atoms with van der Waals surface area (Å²) in [5.74, 6) is 0. The fourth-order valence-electron chi connectivity index (χ4n) is 2.28. The zero-order chi connectivity index (χ0) is 13.3. The Morgan fingerprint density at radius 3 is 2.61 bits per heavy atom. The molecular formula is C12H17NO4S. The number of benzene rings is 1. The Morgan fingerprint density at radius 1 is 1.39 bits per heavy atom. The van der Waals surface area contributed by atoms with E-state index in [0.717, 1.165) is 6.42 Å². The molecule has 1 aliphatic heterocycles. The summed E-state index contributed by atoms with van der Waals surface area (Å²) in [6, 6.07) is 6.95. The standard InChI is InChI=1S/C12H17NO4S/c1-9(18(15,16)17)10-5-2-3-6-11(10)13-8-4-7-12(13)14/h2-3,5-6,9,12,14H,4,7-8H2,1H3,(H,15,16,17). The Hall–Kier alpha value is -1.11. The number of rotatable bonds is 3. The summed E-state index contributed by atoms with van der Waals surface area (Å²) in [7, 11) is -4.13. The lowest BCUT2D eigenvalue weighted by molar-refractivity contribution is 0.185. The first-order chi connectivity index (χ1) is 8.41. The molecule has 0 aromatic heterocycles. The molecule has 2 unspecified atom stereocenters. The van der Waals surface area contributed by atoms with E-state index in [1.807, 2.05) is 0 Å². The Bertz CT molecular complexity index is 529. The number of hydrogen-bond donors (Lipinski definition) is 2. The lowest BCUT2D eigenvalue weighted by Gasteiger charge is -2.26. The summed E-state index contributed by atoms with van der Waals surface area (Å²) in [5, 5.41) is 8.87. The van der Waals surface area contributed by atoms with Crippen LogP contribution in [0.1, 0.15) is 30.6 Å². The average Bonchev–Trinajstić information content (AvgIpc) is 2.73. The van der Waals surface area contributed by atoms with E-state index in [2.05, 4.69) is 0 Å². The Labute approximate surface area is 107 Å². The van der Waals surface area contributed by atoms with Crippen LogP contribution in [0.4, 0.5) is 5.69 Å². The molecule has 1 aromatic carbocycles. The number of aliphatic hydroxyl groups is 1. The van der Waals surface area contributed by atoms with Crippen LogP contribution in [0.3, 0.4) is 0 Å². The van der Waals surface area contributed by atoms with E-state index in [9.17, 15) is 13.5 Å². The summed E-state index contributed by atoms with van der Waals surface area (Å²) in [4.78, 5) is 1.77. The van der Waals surface area contributed by atoms with Crippen molar-refractivity contribution in [2.45, 2.75) is 31.2 Å². The van der Waals surface area contributed by atoms with Gasteiger partial charge in [0, 0.05) is 12.2 Å². The number of para-hydroxylation sites is 1. The van der Waals surface area contributed by atoms with Crippen molar-refractivity contribution in [3.8, 4) is 0 Å². The van der Waals surface area contributed by atoms with E-state index in [-0.39, 0.29) is 0 Å². The van der Waals surface area contributed by atoms with E-state index in [0.29, 0.717) is 24.2 Å². The third-order valence-corrected chi connectivity index (χ3v) is 4.50. The van der Waals surface area contributed by atoms with Crippen LogP contribution in [0.25, 0.3) is 0 Å². The summed E-state index contributed by atoms with van der Waals surface area (Å²) in [5.41, 5.74) is 1.19. The van der Waals surface area contributed by atoms with Crippen LogP contribution < -0.4 is 4.90 Å². The molecule has 0 amide bonds. The molecule has 2 atom stereocenters. The van der Waals surface area contributed by atoms with Crippen LogP contribution in [0.5, 0.6) is 0 Å². The number of nitrogens with zero attached hydrogens (tertiary/aromatic N) is 1. The lowest BCUT2D eigenvalue weighted by atomic mass is 10.1.